The summed E-state index contributed by atoms with van der Waals surface area (Å²) in [4.78, 5) is 21.4. The molecule has 0 amide bonds. The van der Waals surface area contributed by atoms with Crippen LogP contribution in [-0.4, -0.2) is 32.8 Å². The van der Waals surface area contributed by atoms with Crippen LogP contribution in [0.1, 0.15) is 16.8 Å². The molecule has 0 fully saturated rings. The molecule has 0 atom stereocenters. The van der Waals surface area contributed by atoms with E-state index in [0.29, 0.717) is 35.8 Å². The Kier molecular flexibility index (Phi) is 4.61. The molecule has 1 aliphatic heterocycles. The molecule has 0 unspecified atom stereocenters. The Morgan fingerprint density at radius 3 is 3.00 bits per heavy atom. The molecule has 2 aromatic rings. The molecule has 0 bridgehead atoms. The summed E-state index contributed by atoms with van der Waals surface area (Å²) in [6.45, 7) is 1.61. The summed E-state index contributed by atoms with van der Waals surface area (Å²) in [6.07, 6.45) is 2.53. The lowest BCUT2D eigenvalue weighted by Crippen LogP contribution is -2.35. The molecule has 1 aromatic heterocycles. The zero-order chi connectivity index (χ0) is 16.6. The molecule has 1 aromatic carbocycles. The van der Waals surface area contributed by atoms with Crippen LogP contribution in [0.4, 0.5) is 4.39 Å². The number of hydrogen-bond acceptors (Lipinski definition) is 5. The fourth-order valence-corrected chi connectivity index (χ4v) is 3.28. The Balaban J connectivity index is 1.81. The highest BCUT2D eigenvalue weighted by Gasteiger charge is 2.21. The summed E-state index contributed by atoms with van der Waals surface area (Å²) < 4.78 is 13.6. The highest BCUT2D eigenvalue weighted by Crippen LogP contribution is 2.28. The average molecular weight is 356 g/mol. The van der Waals surface area contributed by atoms with Crippen molar-refractivity contribution in [3.05, 3.63) is 50.1 Å². The number of aromatic amines is 1. The number of benzene rings is 1. The van der Waals surface area contributed by atoms with Crippen molar-refractivity contribution in [2.24, 2.45) is 0 Å². The summed E-state index contributed by atoms with van der Waals surface area (Å²) in [5.74, 6) is -1.28. The molecule has 5 nitrogen and oxygen atoms in total. The lowest BCUT2D eigenvalue weighted by molar-refractivity contribution is 0.240. The van der Waals surface area contributed by atoms with Gasteiger partial charge in [-0.3, -0.25) is 9.69 Å². The van der Waals surface area contributed by atoms with Crippen molar-refractivity contribution in [1.82, 2.24) is 14.9 Å². The number of thioether (sulfide) groups is 1. The van der Waals surface area contributed by atoms with E-state index in [1.54, 1.807) is 0 Å². The first-order valence-corrected chi connectivity index (χ1v) is 8.63. The Morgan fingerprint density at radius 2 is 2.30 bits per heavy atom. The van der Waals surface area contributed by atoms with E-state index in [4.69, 9.17) is 11.6 Å². The second-order valence-electron chi connectivity index (χ2n) is 5.37. The topological polar surface area (TPSA) is 69.2 Å². The second-order valence-corrected chi connectivity index (χ2v) is 6.57. The van der Waals surface area contributed by atoms with Gasteiger partial charge < -0.3 is 10.1 Å². The van der Waals surface area contributed by atoms with Crippen LogP contribution in [0.5, 0.6) is 5.75 Å². The molecule has 2 N–H and O–H groups in total. The van der Waals surface area contributed by atoms with Gasteiger partial charge in [0.25, 0.3) is 5.56 Å². The molecule has 3 rings (SSSR count). The zero-order valence-electron chi connectivity index (χ0n) is 12.4. The highest BCUT2D eigenvalue weighted by molar-refractivity contribution is 7.98. The van der Waals surface area contributed by atoms with E-state index in [1.165, 1.54) is 23.9 Å². The second kappa shape index (κ2) is 6.51. The molecule has 0 saturated heterocycles. The number of halogens is 2. The first-order chi connectivity index (χ1) is 11.0. The first kappa shape index (κ1) is 16.3. The van der Waals surface area contributed by atoms with E-state index < -0.39 is 11.6 Å². The van der Waals surface area contributed by atoms with E-state index in [9.17, 15) is 14.3 Å². The van der Waals surface area contributed by atoms with E-state index in [1.807, 2.05) is 11.2 Å². The molecule has 0 radical (unpaired) electrons. The summed E-state index contributed by atoms with van der Waals surface area (Å²) in [6, 6.07) is 2.80. The van der Waals surface area contributed by atoms with Crippen molar-refractivity contribution in [3.63, 3.8) is 0 Å². The molecular weight excluding hydrogens is 341 g/mol. The average Bonchev–Trinajstić information content (AvgIpc) is 2.53. The number of phenolic OH excluding ortho intramolecular Hbond substituents is 1. The van der Waals surface area contributed by atoms with Gasteiger partial charge in [0.15, 0.2) is 16.7 Å². The Bertz CT molecular complexity index is 789. The van der Waals surface area contributed by atoms with Crippen molar-refractivity contribution in [2.45, 2.75) is 24.7 Å². The van der Waals surface area contributed by atoms with Crippen LogP contribution in [0.3, 0.4) is 0 Å². The van der Waals surface area contributed by atoms with Crippen LogP contribution in [0.2, 0.25) is 5.02 Å². The maximum atomic E-state index is 13.6. The van der Waals surface area contributed by atoms with E-state index in [0.717, 1.165) is 12.2 Å². The van der Waals surface area contributed by atoms with Gasteiger partial charge in [-0.05, 0) is 24.0 Å². The lowest BCUT2D eigenvalue weighted by atomic mass is 10.1. The van der Waals surface area contributed by atoms with Crippen LogP contribution < -0.4 is 5.56 Å². The molecule has 1 aliphatic rings. The summed E-state index contributed by atoms with van der Waals surface area (Å²) in [7, 11) is 0. The quantitative estimate of drug-likeness (QED) is 0.654. The Hall–Kier alpha value is -1.57. The Labute approximate surface area is 141 Å². The third-order valence-corrected chi connectivity index (χ3v) is 4.67. The number of aromatic hydroxyl groups is 1. The third-order valence-electron chi connectivity index (χ3n) is 3.80. The molecule has 2 heterocycles. The smallest absolute Gasteiger partial charge is 0.256 e. The number of nitrogens with one attached hydrogen (secondary N) is 1. The van der Waals surface area contributed by atoms with Gasteiger partial charge in [0, 0.05) is 26.1 Å². The minimum Gasteiger partial charge on any atom is -0.504 e. The van der Waals surface area contributed by atoms with Crippen LogP contribution in [0.15, 0.2) is 22.1 Å². The largest absolute Gasteiger partial charge is 0.504 e. The fraction of sp³-hybridized carbons (Fsp3) is 0.333. The molecule has 8 heteroatoms. The monoisotopic (exact) mass is 355 g/mol. The van der Waals surface area contributed by atoms with Gasteiger partial charge in [0.1, 0.15) is 0 Å². The van der Waals surface area contributed by atoms with Gasteiger partial charge in [-0.15, -0.1) is 0 Å². The fourth-order valence-electron chi connectivity index (χ4n) is 2.66. The van der Waals surface area contributed by atoms with Crippen molar-refractivity contribution in [3.8, 4) is 5.75 Å². The SMILES string of the molecule is CSc1nc2c(c(=O)[nH]1)CN(Cc1cc(F)c(O)c(Cl)c1)CC2. The van der Waals surface area contributed by atoms with Gasteiger partial charge in [0.2, 0.25) is 0 Å². The van der Waals surface area contributed by atoms with E-state index >= 15 is 0 Å². The minimum atomic E-state index is -0.742. The number of aromatic nitrogens is 2. The number of H-pyrrole nitrogens is 1. The van der Waals surface area contributed by atoms with Crippen molar-refractivity contribution in [2.75, 3.05) is 12.8 Å². The van der Waals surface area contributed by atoms with Crippen LogP contribution in [0, 0.1) is 5.82 Å². The molecule has 122 valence electrons. The number of rotatable bonds is 3. The molecule has 23 heavy (non-hydrogen) atoms. The maximum absolute atomic E-state index is 13.6. The van der Waals surface area contributed by atoms with Gasteiger partial charge in [-0.1, -0.05) is 23.4 Å². The van der Waals surface area contributed by atoms with Crippen molar-refractivity contribution in [1.29, 1.82) is 0 Å². The molecule has 0 aliphatic carbocycles. The normalized spacial score (nSPS) is 14.7. The zero-order valence-corrected chi connectivity index (χ0v) is 14.0. The summed E-state index contributed by atoms with van der Waals surface area (Å²) in [5, 5.41) is 9.98. The molecule has 0 spiro atoms. The third kappa shape index (κ3) is 3.36. The lowest BCUT2D eigenvalue weighted by Gasteiger charge is -2.27. The number of nitrogens with zero attached hydrogens (tertiary/aromatic N) is 2. The van der Waals surface area contributed by atoms with Gasteiger partial charge in [-0.2, -0.15) is 0 Å². The highest BCUT2D eigenvalue weighted by atomic mass is 35.5. The number of fused-ring (bicyclic) bond motifs is 1. The van der Waals surface area contributed by atoms with Crippen LogP contribution >= 0.6 is 23.4 Å². The maximum Gasteiger partial charge on any atom is 0.256 e. The number of hydrogen-bond donors (Lipinski definition) is 2. The van der Waals surface area contributed by atoms with Gasteiger partial charge >= 0.3 is 0 Å². The standard InChI is InChI=1S/C15H15ClFN3O2S/c1-23-15-18-12-2-3-20(7-9(12)14(22)19-15)6-8-4-10(16)13(21)11(17)5-8/h4-5,21H,2-3,6-7H2,1H3,(H,18,19,22). The van der Waals surface area contributed by atoms with Gasteiger partial charge in [-0.25, -0.2) is 9.37 Å². The van der Waals surface area contributed by atoms with Gasteiger partial charge in [0.05, 0.1) is 16.3 Å². The van der Waals surface area contributed by atoms with Crippen LogP contribution in [-0.2, 0) is 19.5 Å². The number of phenols is 1. The van der Waals surface area contributed by atoms with E-state index in [2.05, 4.69) is 9.97 Å². The van der Waals surface area contributed by atoms with E-state index in [-0.39, 0.29) is 10.6 Å². The summed E-state index contributed by atoms with van der Waals surface area (Å²) in [5.41, 5.74) is 2.00. The van der Waals surface area contributed by atoms with Crippen molar-refractivity contribution >= 4 is 23.4 Å². The van der Waals surface area contributed by atoms with Crippen molar-refractivity contribution < 1.29 is 9.50 Å². The predicted molar refractivity (Wildman–Crippen MR) is 87.5 cm³/mol. The summed E-state index contributed by atoms with van der Waals surface area (Å²) >= 11 is 7.20. The van der Waals surface area contributed by atoms with Crippen LogP contribution in [0.25, 0.3) is 0 Å². The predicted octanol–water partition coefficient (Wildman–Crippen LogP) is 2.55. The molecule has 0 saturated carbocycles. The first-order valence-electron chi connectivity index (χ1n) is 7.03. The Morgan fingerprint density at radius 1 is 1.52 bits per heavy atom. The minimum absolute atomic E-state index is 0.0125. The molecular formula is C15H15ClFN3O2S.